The third kappa shape index (κ3) is 5.51. The molecule has 0 heterocycles. The zero-order chi connectivity index (χ0) is 18.4. The molecule has 0 unspecified atom stereocenters. The summed E-state index contributed by atoms with van der Waals surface area (Å²) >= 11 is 11.2. The number of anilines is 1. The van der Waals surface area contributed by atoms with Crippen LogP contribution in [0.25, 0.3) is 0 Å². The molecule has 0 aliphatic heterocycles. The van der Waals surface area contributed by atoms with E-state index in [1.165, 1.54) is 12.1 Å². The number of thiocarbonyl (C=S) groups is 1. The third-order valence-corrected chi connectivity index (χ3v) is 4.07. The molecule has 0 bridgehead atoms. The van der Waals surface area contributed by atoms with Gasteiger partial charge in [-0.2, -0.15) is 0 Å². The molecule has 0 aliphatic rings. The fourth-order valence-electron chi connectivity index (χ4n) is 2.19. The summed E-state index contributed by atoms with van der Waals surface area (Å²) in [5, 5.41) is 17.0. The van der Waals surface area contributed by atoms with E-state index in [1.54, 1.807) is 19.1 Å². The van der Waals surface area contributed by atoms with E-state index in [0.29, 0.717) is 22.7 Å². The summed E-state index contributed by atoms with van der Waals surface area (Å²) in [6, 6.07) is 11.7. The van der Waals surface area contributed by atoms with Crippen molar-refractivity contribution in [1.29, 1.82) is 0 Å². The van der Waals surface area contributed by atoms with Gasteiger partial charge in [0.1, 0.15) is 0 Å². The fourth-order valence-corrected chi connectivity index (χ4v) is 2.65. The summed E-state index contributed by atoms with van der Waals surface area (Å²) in [5.74, 6) is -0.239. The maximum Gasteiger partial charge on any atom is 0.269 e. The van der Waals surface area contributed by atoms with Crippen molar-refractivity contribution in [3.63, 3.8) is 0 Å². The number of nitro groups is 1. The van der Waals surface area contributed by atoms with Crippen molar-refractivity contribution in [2.45, 2.75) is 19.8 Å². The fraction of sp³-hybridized carbons (Fsp3) is 0.176. The van der Waals surface area contributed by atoms with Gasteiger partial charge in [-0.1, -0.05) is 29.8 Å². The Morgan fingerprint density at radius 1 is 1.28 bits per heavy atom. The average Bonchev–Trinajstić information content (AvgIpc) is 2.55. The Hall–Kier alpha value is -2.51. The molecule has 0 aliphatic carbocycles. The number of non-ortho nitro benzene ring substituents is 1. The molecule has 25 heavy (non-hydrogen) atoms. The number of nitro benzene ring substituents is 1. The van der Waals surface area contributed by atoms with Crippen LogP contribution in [0.15, 0.2) is 42.5 Å². The van der Waals surface area contributed by atoms with E-state index in [0.717, 1.165) is 5.56 Å². The predicted octanol–water partition coefficient (Wildman–Crippen LogP) is 4.00. The highest BCUT2D eigenvalue weighted by atomic mass is 35.5. The van der Waals surface area contributed by atoms with Crippen LogP contribution in [0.1, 0.15) is 17.5 Å². The number of rotatable bonds is 5. The van der Waals surface area contributed by atoms with Gasteiger partial charge in [0.25, 0.3) is 5.69 Å². The predicted molar refractivity (Wildman–Crippen MR) is 102 cm³/mol. The van der Waals surface area contributed by atoms with Gasteiger partial charge in [0, 0.05) is 29.3 Å². The van der Waals surface area contributed by atoms with Crippen LogP contribution < -0.4 is 10.6 Å². The molecule has 130 valence electrons. The largest absolute Gasteiger partial charge is 0.332 e. The van der Waals surface area contributed by atoms with E-state index < -0.39 is 4.92 Å². The monoisotopic (exact) mass is 377 g/mol. The van der Waals surface area contributed by atoms with Crippen molar-refractivity contribution in [1.82, 2.24) is 5.32 Å². The lowest BCUT2D eigenvalue weighted by Gasteiger charge is -2.11. The standard InChI is InChI=1S/C17H16ClN3O3S/c1-11-10-13(21(23)24)7-8-15(11)19-17(25)20-16(22)9-6-12-4-2-3-5-14(12)18/h2-5,7-8,10H,6,9H2,1H3,(H2,19,20,22,25). The molecule has 1 amide bonds. The Morgan fingerprint density at radius 3 is 2.64 bits per heavy atom. The Morgan fingerprint density at radius 2 is 2.00 bits per heavy atom. The molecule has 8 heteroatoms. The van der Waals surface area contributed by atoms with Crippen molar-refractivity contribution in [3.05, 3.63) is 68.7 Å². The molecule has 2 aromatic carbocycles. The van der Waals surface area contributed by atoms with Crippen LogP contribution in [0.5, 0.6) is 0 Å². The van der Waals surface area contributed by atoms with Crippen molar-refractivity contribution in [2.75, 3.05) is 5.32 Å². The maximum absolute atomic E-state index is 12.0. The Kier molecular flexibility index (Phi) is 6.44. The van der Waals surface area contributed by atoms with E-state index in [-0.39, 0.29) is 23.1 Å². The minimum absolute atomic E-state index is 0.00209. The first-order valence-electron chi connectivity index (χ1n) is 7.46. The van der Waals surface area contributed by atoms with Crippen LogP contribution in [0.4, 0.5) is 11.4 Å². The molecule has 0 saturated carbocycles. The number of hydrogen-bond acceptors (Lipinski definition) is 4. The molecule has 2 aromatic rings. The molecule has 6 nitrogen and oxygen atoms in total. The van der Waals surface area contributed by atoms with Gasteiger partial charge in [0.15, 0.2) is 5.11 Å². The third-order valence-electron chi connectivity index (χ3n) is 3.50. The molecule has 0 saturated heterocycles. The van der Waals surface area contributed by atoms with E-state index in [9.17, 15) is 14.9 Å². The highest BCUT2D eigenvalue weighted by Crippen LogP contribution is 2.21. The van der Waals surface area contributed by atoms with Gasteiger partial charge in [0.2, 0.25) is 5.91 Å². The quantitative estimate of drug-likeness (QED) is 0.467. The van der Waals surface area contributed by atoms with Crippen molar-refractivity contribution in [2.24, 2.45) is 0 Å². The summed E-state index contributed by atoms with van der Waals surface area (Å²) in [6.45, 7) is 1.72. The zero-order valence-corrected chi connectivity index (χ0v) is 15.0. The first kappa shape index (κ1) is 18.8. The highest BCUT2D eigenvalue weighted by Gasteiger charge is 2.11. The number of amides is 1. The summed E-state index contributed by atoms with van der Waals surface area (Å²) in [7, 11) is 0. The number of halogens is 1. The summed E-state index contributed by atoms with van der Waals surface area (Å²) in [6.07, 6.45) is 0.746. The first-order valence-corrected chi connectivity index (χ1v) is 8.24. The molecular formula is C17H16ClN3O3S. The average molecular weight is 378 g/mol. The number of nitrogens with zero attached hydrogens (tertiary/aromatic N) is 1. The lowest BCUT2D eigenvalue weighted by atomic mass is 10.1. The number of benzene rings is 2. The molecule has 0 aromatic heterocycles. The Balaban J connectivity index is 1.88. The van der Waals surface area contributed by atoms with Crippen LogP contribution in [0.2, 0.25) is 5.02 Å². The van der Waals surface area contributed by atoms with Gasteiger partial charge >= 0.3 is 0 Å². The number of hydrogen-bond donors (Lipinski definition) is 2. The molecule has 0 radical (unpaired) electrons. The van der Waals surface area contributed by atoms with Gasteiger partial charge < -0.3 is 10.6 Å². The van der Waals surface area contributed by atoms with Gasteiger partial charge in [-0.15, -0.1) is 0 Å². The van der Waals surface area contributed by atoms with Gasteiger partial charge in [-0.05, 0) is 48.8 Å². The second-order valence-corrected chi connectivity index (χ2v) is 6.17. The maximum atomic E-state index is 12.0. The van der Waals surface area contributed by atoms with E-state index in [4.69, 9.17) is 23.8 Å². The normalized spacial score (nSPS) is 10.2. The zero-order valence-electron chi connectivity index (χ0n) is 13.4. The SMILES string of the molecule is Cc1cc([N+](=O)[O-])ccc1NC(=S)NC(=O)CCc1ccccc1Cl. The van der Waals surface area contributed by atoms with Gasteiger partial charge in [0.05, 0.1) is 4.92 Å². The summed E-state index contributed by atoms with van der Waals surface area (Å²) in [4.78, 5) is 22.3. The van der Waals surface area contributed by atoms with Crippen LogP contribution in [-0.4, -0.2) is 15.9 Å². The number of carbonyl (C=O) groups excluding carboxylic acids is 1. The van der Waals surface area contributed by atoms with E-state index in [2.05, 4.69) is 10.6 Å². The number of carbonyl (C=O) groups is 1. The van der Waals surface area contributed by atoms with Gasteiger partial charge in [-0.25, -0.2) is 0 Å². The molecule has 2 rings (SSSR count). The van der Waals surface area contributed by atoms with Crippen molar-refractivity contribution < 1.29 is 9.72 Å². The van der Waals surface area contributed by atoms with Crippen LogP contribution in [0.3, 0.4) is 0 Å². The number of nitrogens with one attached hydrogen (secondary N) is 2. The Labute approximate surface area is 155 Å². The summed E-state index contributed by atoms with van der Waals surface area (Å²) in [5.41, 5.74) is 2.14. The van der Waals surface area contributed by atoms with Crippen LogP contribution >= 0.6 is 23.8 Å². The van der Waals surface area contributed by atoms with Crippen LogP contribution in [0, 0.1) is 17.0 Å². The van der Waals surface area contributed by atoms with E-state index >= 15 is 0 Å². The van der Waals surface area contributed by atoms with Gasteiger partial charge in [-0.3, -0.25) is 14.9 Å². The number of aryl methyl sites for hydroxylation is 2. The Bertz CT molecular complexity index is 827. The molecule has 0 fully saturated rings. The second-order valence-electron chi connectivity index (χ2n) is 5.35. The lowest BCUT2D eigenvalue weighted by molar-refractivity contribution is -0.384. The van der Waals surface area contributed by atoms with Crippen molar-refractivity contribution in [3.8, 4) is 0 Å². The minimum Gasteiger partial charge on any atom is -0.332 e. The van der Waals surface area contributed by atoms with Crippen LogP contribution in [-0.2, 0) is 11.2 Å². The topological polar surface area (TPSA) is 84.3 Å². The summed E-state index contributed by atoms with van der Waals surface area (Å²) < 4.78 is 0. The molecule has 0 atom stereocenters. The minimum atomic E-state index is -0.467. The molecule has 2 N–H and O–H groups in total. The molecular weight excluding hydrogens is 362 g/mol. The van der Waals surface area contributed by atoms with E-state index in [1.807, 2.05) is 18.2 Å². The smallest absolute Gasteiger partial charge is 0.269 e. The highest BCUT2D eigenvalue weighted by molar-refractivity contribution is 7.80. The molecule has 0 spiro atoms. The lowest BCUT2D eigenvalue weighted by Crippen LogP contribution is -2.34. The van der Waals surface area contributed by atoms with Crippen molar-refractivity contribution >= 4 is 46.2 Å². The second kappa shape index (κ2) is 8.55. The first-order chi connectivity index (χ1) is 11.9.